The first-order chi connectivity index (χ1) is 13.7. The molecule has 0 saturated heterocycles. The Balaban J connectivity index is 2.23. The van der Waals surface area contributed by atoms with Crippen LogP contribution in [0.25, 0.3) is 10.9 Å². The van der Waals surface area contributed by atoms with Gasteiger partial charge in [0.05, 0.1) is 12.1 Å². The number of nitrogens with two attached hydrogens (primary N) is 1. The highest BCUT2D eigenvalue weighted by Gasteiger charge is 2.21. The number of hydrogen-bond donors (Lipinski definition) is 2. The molecule has 2 aromatic rings. The summed E-state index contributed by atoms with van der Waals surface area (Å²) in [4.78, 5) is 36.7. The number of benzene rings is 1. The topological polar surface area (TPSA) is 104 Å². The summed E-state index contributed by atoms with van der Waals surface area (Å²) in [7, 11) is 1.97. The van der Waals surface area contributed by atoms with Crippen LogP contribution < -0.4 is 11.1 Å². The summed E-state index contributed by atoms with van der Waals surface area (Å²) in [6.07, 6.45) is 0. The molecule has 2 amide bonds. The van der Waals surface area contributed by atoms with Crippen molar-refractivity contribution in [1.29, 1.82) is 0 Å². The lowest BCUT2D eigenvalue weighted by Gasteiger charge is -2.24. The highest BCUT2D eigenvalue weighted by atomic mass is 16.2. The van der Waals surface area contributed by atoms with Gasteiger partial charge in [0, 0.05) is 31.9 Å². The third-order valence-electron chi connectivity index (χ3n) is 4.90. The lowest BCUT2D eigenvalue weighted by molar-refractivity contribution is -0.128. The van der Waals surface area contributed by atoms with Crippen LogP contribution >= 0.6 is 0 Å². The molecule has 1 aromatic heterocycles. The van der Waals surface area contributed by atoms with E-state index in [-0.39, 0.29) is 11.8 Å². The van der Waals surface area contributed by atoms with Gasteiger partial charge in [0.15, 0.2) is 0 Å². The van der Waals surface area contributed by atoms with Crippen LogP contribution in [0.15, 0.2) is 24.3 Å². The average Bonchev–Trinajstić information content (AvgIpc) is 2.65. The first-order valence-corrected chi connectivity index (χ1v) is 9.98. The predicted molar refractivity (Wildman–Crippen MR) is 115 cm³/mol. The van der Waals surface area contributed by atoms with E-state index < -0.39 is 11.9 Å². The second-order valence-corrected chi connectivity index (χ2v) is 7.61. The highest BCUT2D eigenvalue weighted by Crippen LogP contribution is 2.22. The van der Waals surface area contributed by atoms with E-state index in [1.54, 1.807) is 11.8 Å². The van der Waals surface area contributed by atoms with Gasteiger partial charge in [-0.1, -0.05) is 26.0 Å². The number of primary amides is 1. The molecule has 0 unspecified atom stereocenters. The summed E-state index contributed by atoms with van der Waals surface area (Å²) < 4.78 is 0. The first-order valence-electron chi connectivity index (χ1n) is 9.98. The fourth-order valence-electron chi connectivity index (χ4n) is 3.17. The Labute approximate surface area is 172 Å². The lowest BCUT2D eigenvalue weighted by atomic mass is 10.0. The maximum absolute atomic E-state index is 11.9. The molecular weight excluding hydrogens is 368 g/mol. The number of likely N-dealkylation sites (N-methyl/N-ethyl adjacent to an activating group) is 2. The van der Waals surface area contributed by atoms with Crippen molar-refractivity contribution in [2.45, 2.75) is 40.3 Å². The Morgan fingerprint density at radius 3 is 2.45 bits per heavy atom. The molecule has 0 spiro atoms. The number of carbonyl (C=O) groups is 2. The molecule has 0 aliphatic heterocycles. The zero-order valence-electron chi connectivity index (χ0n) is 18.0. The molecule has 0 aliphatic carbocycles. The van der Waals surface area contributed by atoms with Crippen molar-refractivity contribution < 1.29 is 9.59 Å². The summed E-state index contributed by atoms with van der Waals surface area (Å²) in [5.74, 6) is 0.937. The van der Waals surface area contributed by atoms with Crippen LogP contribution in [0, 0.1) is 5.92 Å². The first kappa shape index (κ1) is 22.5. The van der Waals surface area contributed by atoms with Crippen molar-refractivity contribution in [2.24, 2.45) is 11.7 Å². The van der Waals surface area contributed by atoms with Gasteiger partial charge in [-0.3, -0.25) is 14.5 Å². The fraction of sp³-hybridized carbons (Fsp3) is 0.524. The summed E-state index contributed by atoms with van der Waals surface area (Å²) >= 11 is 0. The Kier molecular flexibility index (Phi) is 7.90. The molecule has 158 valence electrons. The third-order valence-corrected chi connectivity index (χ3v) is 4.90. The Morgan fingerprint density at radius 1 is 1.17 bits per heavy atom. The number of amides is 2. The quantitative estimate of drug-likeness (QED) is 0.631. The van der Waals surface area contributed by atoms with Crippen LogP contribution in [-0.2, 0) is 16.1 Å². The van der Waals surface area contributed by atoms with Crippen molar-refractivity contribution in [2.75, 3.05) is 32.0 Å². The second-order valence-electron chi connectivity index (χ2n) is 7.61. The number of rotatable bonds is 10. The Bertz CT molecular complexity index is 854. The second kappa shape index (κ2) is 10.2. The number of fused-ring (bicyclic) bond motifs is 1. The van der Waals surface area contributed by atoms with Crippen molar-refractivity contribution in [3.8, 4) is 0 Å². The number of nitrogens with zero attached hydrogens (tertiary/aromatic N) is 4. The van der Waals surface area contributed by atoms with Crippen molar-refractivity contribution in [3.05, 3.63) is 30.1 Å². The molecule has 0 fully saturated rings. The predicted octanol–water partition coefficient (Wildman–Crippen LogP) is 1.85. The molecule has 3 N–H and O–H groups in total. The van der Waals surface area contributed by atoms with Crippen molar-refractivity contribution in [1.82, 2.24) is 19.8 Å². The number of hydrogen-bond acceptors (Lipinski definition) is 6. The minimum atomic E-state index is -0.521. The zero-order chi connectivity index (χ0) is 21.6. The summed E-state index contributed by atoms with van der Waals surface area (Å²) in [5.41, 5.74) is 6.37. The third kappa shape index (κ3) is 6.12. The summed E-state index contributed by atoms with van der Waals surface area (Å²) in [5, 5.41) is 4.06. The summed E-state index contributed by atoms with van der Waals surface area (Å²) in [6, 6.07) is 7.17. The molecule has 0 radical (unpaired) electrons. The van der Waals surface area contributed by atoms with Gasteiger partial charge in [0.1, 0.15) is 17.7 Å². The number of nitrogens with one attached hydrogen (secondary N) is 1. The molecule has 8 heteroatoms. The Hall–Kier alpha value is -2.74. The molecule has 0 saturated carbocycles. The molecule has 1 aromatic carbocycles. The van der Waals surface area contributed by atoms with Gasteiger partial charge in [-0.15, -0.1) is 0 Å². The number of aromatic nitrogens is 2. The van der Waals surface area contributed by atoms with Gasteiger partial charge in [0.25, 0.3) is 0 Å². The van der Waals surface area contributed by atoms with Gasteiger partial charge < -0.3 is 16.0 Å². The normalized spacial score (nSPS) is 12.4. The van der Waals surface area contributed by atoms with Gasteiger partial charge in [0.2, 0.25) is 11.8 Å². The maximum Gasteiger partial charge on any atom is 0.240 e. The van der Waals surface area contributed by atoms with Gasteiger partial charge in [-0.25, -0.2) is 9.97 Å². The SMILES string of the molecule is CCN(CCN(C)Cc1nc(N[C@H](C(N)=O)C(C)C)c2ccccc2n1)C(C)=O. The largest absolute Gasteiger partial charge is 0.368 e. The van der Waals surface area contributed by atoms with Gasteiger partial charge >= 0.3 is 0 Å². The van der Waals surface area contributed by atoms with E-state index in [0.29, 0.717) is 37.8 Å². The van der Waals surface area contributed by atoms with Crippen molar-refractivity contribution >= 4 is 28.5 Å². The van der Waals surface area contributed by atoms with Gasteiger partial charge in [-0.2, -0.15) is 0 Å². The van der Waals surface area contributed by atoms with Crippen LogP contribution in [0.3, 0.4) is 0 Å². The van der Waals surface area contributed by atoms with Crippen LogP contribution in [0.5, 0.6) is 0 Å². The van der Waals surface area contributed by atoms with E-state index in [1.807, 2.05) is 52.1 Å². The molecule has 0 bridgehead atoms. The van der Waals surface area contributed by atoms with E-state index in [2.05, 4.69) is 20.2 Å². The molecule has 1 atom stereocenters. The zero-order valence-corrected chi connectivity index (χ0v) is 18.0. The Morgan fingerprint density at radius 2 is 1.86 bits per heavy atom. The minimum Gasteiger partial charge on any atom is -0.368 e. The van der Waals surface area contributed by atoms with E-state index in [9.17, 15) is 9.59 Å². The smallest absolute Gasteiger partial charge is 0.240 e. The van der Waals surface area contributed by atoms with Crippen molar-refractivity contribution in [3.63, 3.8) is 0 Å². The fourth-order valence-corrected chi connectivity index (χ4v) is 3.17. The van der Waals surface area contributed by atoms with Crippen LogP contribution in [-0.4, -0.2) is 64.3 Å². The van der Waals surface area contributed by atoms with E-state index >= 15 is 0 Å². The maximum atomic E-state index is 11.9. The number of para-hydroxylation sites is 1. The molecule has 1 heterocycles. The minimum absolute atomic E-state index is 0.0268. The lowest BCUT2D eigenvalue weighted by Crippen LogP contribution is -2.40. The summed E-state index contributed by atoms with van der Waals surface area (Å²) in [6.45, 7) is 10.0. The van der Waals surface area contributed by atoms with Crippen LogP contribution in [0.4, 0.5) is 5.82 Å². The van der Waals surface area contributed by atoms with Gasteiger partial charge in [-0.05, 0) is 32.0 Å². The highest BCUT2D eigenvalue weighted by molar-refractivity contribution is 5.91. The number of anilines is 1. The molecule has 0 aliphatic rings. The van der Waals surface area contributed by atoms with E-state index in [0.717, 1.165) is 10.9 Å². The molecule has 29 heavy (non-hydrogen) atoms. The molecular formula is C21H32N6O2. The average molecular weight is 401 g/mol. The van der Waals surface area contributed by atoms with E-state index in [4.69, 9.17) is 5.73 Å². The monoisotopic (exact) mass is 400 g/mol. The standard InChI is InChI=1S/C21H32N6O2/c1-6-27(15(4)28)12-11-26(5)13-18-23-17-10-8-7-9-16(17)21(24-18)25-19(14(2)3)20(22)29/h7-10,14,19H,6,11-13H2,1-5H3,(H2,22,29)(H,23,24,25)/t19-/m0/s1. The van der Waals surface area contributed by atoms with Crippen LogP contribution in [0.1, 0.15) is 33.5 Å². The molecule has 8 nitrogen and oxygen atoms in total. The number of carbonyl (C=O) groups excluding carboxylic acids is 2. The van der Waals surface area contributed by atoms with Crippen LogP contribution in [0.2, 0.25) is 0 Å². The van der Waals surface area contributed by atoms with E-state index in [1.165, 1.54) is 0 Å². The molecule has 2 rings (SSSR count).